The zero-order valence-electron chi connectivity index (χ0n) is 22.8. The zero-order chi connectivity index (χ0) is 27.2. The molecule has 0 aliphatic heterocycles. The smallest absolute Gasteiger partial charge is 0.344 e. The molecule has 1 spiro atoms. The second-order valence-corrected chi connectivity index (χ2v) is 14.5. The first-order chi connectivity index (χ1) is 20.1. The van der Waals surface area contributed by atoms with Gasteiger partial charge in [0.05, 0.1) is 0 Å². The van der Waals surface area contributed by atoms with Gasteiger partial charge in [0, 0.05) is 33.4 Å². The van der Waals surface area contributed by atoms with Crippen molar-refractivity contribution < 1.29 is 19.0 Å². The van der Waals surface area contributed by atoms with Gasteiger partial charge < -0.3 is 14.2 Å². The summed E-state index contributed by atoms with van der Waals surface area (Å²) in [6.07, 6.45) is 5.95. The highest BCUT2D eigenvalue weighted by Crippen LogP contribution is 2.82. The van der Waals surface area contributed by atoms with E-state index in [9.17, 15) is 4.79 Å². The van der Waals surface area contributed by atoms with Crippen LogP contribution >= 0.6 is 10.5 Å². The van der Waals surface area contributed by atoms with Gasteiger partial charge >= 0.3 is 5.97 Å². The number of hydrogen-bond donors (Lipinski definition) is 0. The van der Waals surface area contributed by atoms with Crippen LogP contribution in [-0.2, 0) is 9.53 Å². The molecule has 2 bridgehead atoms. The van der Waals surface area contributed by atoms with E-state index in [1.54, 1.807) is 0 Å². The topological polar surface area (TPSA) is 44.8 Å². The fourth-order valence-corrected chi connectivity index (χ4v) is 11.4. The Hall–Kier alpha value is -3.83. The molecule has 0 amide bonds. The predicted octanol–water partition coefficient (Wildman–Crippen LogP) is 9.02. The van der Waals surface area contributed by atoms with Gasteiger partial charge in [0.15, 0.2) is 20.9 Å². The Labute approximate surface area is 241 Å². The Bertz CT molecular complexity index is 1750. The second kappa shape index (κ2) is 8.59. The summed E-state index contributed by atoms with van der Waals surface area (Å²) in [6.45, 7) is -0.0522. The molecule has 5 aromatic rings. The number of thiophene rings is 1. The minimum Gasteiger partial charge on any atom is -0.482 e. The van der Waals surface area contributed by atoms with E-state index in [0.29, 0.717) is 11.2 Å². The summed E-state index contributed by atoms with van der Waals surface area (Å²) in [6, 6.07) is 33.3. The largest absolute Gasteiger partial charge is 0.482 e. The van der Waals surface area contributed by atoms with E-state index in [1.807, 2.05) is 36.4 Å². The molecule has 2 unspecified atom stereocenters. The normalized spacial score (nSPS) is 28.6. The first kappa shape index (κ1) is 23.8. The highest BCUT2D eigenvalue weighted by atomic mass is 32.2. The van der Waals surface area contributed by atoms with E-state index in [-0.39, 0.29) is 28.6 Å². The van der Waals surface area contributed by atoms with Crippen LogP contribution in [0.1, 0.15) is 32.1 Å². The molecule has 0 saturated heterocycles. The summed E-state index contributed by atoms with van der Waals surface area (Å²) < 4.78 is 20.8. The van der Waals surface area contributed by atoms with E-state index in [1.165, 1.54) is 37.9 Å². The van der Waals surface area contributed by atoms with Gasteiger partial charge in [0.2, 0.25) is 0 Å². The number of carbonyl (C=O) groups excluding carboxylic acids is 1. The fourth-order valence-electron chi connectivity index (χ4n) is 9.03. The summed E-state index contributed by atoms with van der Waals surface area (Å²) in [4.78, 5) is 14.0. The van der Waals surface area contributed by atoms with Gasteiger partial charge in [0.25, 0.3) is 0 Å². The van der Waals surface area contributed by atoms with Gasteiger partial charge in [-0.1, -0.05) is 24.3 Å². The minimum atomic E-state index is -0.241. The number of carbonyl (C=O) groups is 1. The Morgan fingerprint density at radius 1 is 0.707 bits per heavy atom. The minimum absolute atomic E-state index is 0.0522. The van der Waals surface area contributed by atoms with Crippen LogP contribution in [0.5, 0.6) is 17.2 Å². The lowest BCUT2D eigenvalue weighted by atomic mass is 9.38. The number of benzene rings is 4. The molecule has 4 aliphatic rings. The monoisotopic (exact) mass is 559 g/mol. The van der Waals surface area contributed by atoms with Crippen LogP contribution in [0, 0.1) is 23.2 Å². The third kappa shape index (κ3) is 3.48. The van der Waals surface area contributed by atoms with Gasteiger partial charge in [-0.05, 0) is 116 Å². The lowest BCUT2D eigenvalue weighted by molar-refractivity contribution is -0.186. The van der Waals surface area contributed by atoms with E-state index >= 15 is 0 Å². The van der Waals surface area contributed by atoms with Crippen molar-refractivity contribution in [3.05, 3.63) is 97.1 Å². The summed E-state index contributed by atoms with van der Waals surface area (Å²) in [5.41, 5.74) is 0.338. The Kier molecular flexibility index (Phi) is 4.99. The molecule has 4 aromatic carbocycles. The van der Waals surface area contributed by atoms with Crippen molar-refractivity contribution >= 4 is 36.6 Å². The molecule has 0 radical (unpaired) electrons. The average molecular weight is 560 g/mol. The standard InChI is InChI=1S/C36H31O4S/c37-34(40-35-19-24-17-23-18-25(20-35)36(23,24)22-35)21-38-26-9-11-27(12-10-26)39-28-13-15-29(16-14-28)41-32-7-3-1-5-30(32)31-6-2-4-8-33(31)41/h1-16,23-25H,17-22H2/q+1. The van der Waals surface area contributed by atoms with Crippen molar-refractivity contribution in [1.82, 2.24) is 0 Å². The third-order valence-corrected chi connectivity index (χ3v) is 12.9. The summed E-state index contributed by atoms with van der Waals surface area (Å²) in [5, 5.41) is 2.66. The van der Waals surface area contributed by atoms with Crippen LogP contribution in [0.3, 0.4) is 0 Å². The molecule has 4 nitrogen and oxygen atoms in total. The molecular weight excluding hydrogens is 528 g/mol. The van der Waals surface area contributed by atoms with E-state index in [4.69, 9.17) is 14.2 Å². The average Bonchev–Trinajstić information content (AvgIpc) is 3.59. The third-order valence-electron chi connectivity index (χ3n) is 10.6. The quantitative estimate of drug-likeness (QED) is 0.147. The number of fused-ring (bicyclic) bond motifs is 4. The molecule has 9 rings (SSSR count). The van der Waals surface area contributed by atoms with Gasteiger partial charge in [-0.15, -0.1) is 0 Å². The lowest BCUT2D eigenvalue weighted by Crippen LogP contribution is -2.59. The van der Waals surface area contributed by atoms with Crippen LogP contribution < -0.4 is 9.47 Å². The molecule has 204 valence electrons. The van der Waals surface area contributed by atoms with E-state index < -0.39 is 0 Å². The maximum atomic E-state index is 12.7. The highest BCUT2D eigenvalue weighted by molar-refractivity contribution is 7.50. The Balaban J connectivity index is 0.849. The first-order valence-electron chi connectivity index (χ1n) is 14.8. The van der Waals surface area contributed by atoms with E-state index in [0.717, 1.165) is 48.5 Å². The van der Waals surface area contributed by atoms with Crippen molar-refractivity contribution in [2.24, 2.45) is 23.2 Å². The molecule has 1 aromatic heterocycles. The highest BCUT2D eigenvalue weighted by Gasteiger charge is 2.78. The fraction of sp³-hybridized carbons (Fsp3) is 0.306. The van der Waals surface area contributed by atoms with Crippen LogP contribution in [0.15, 0.2) is 97.1 Å². The number of hydrogen-bond acceptors (Lipinski definition) is 4. The molecule has 0 N–H and O–H groups in total. The van der Waals surface area contributed by atoms with E-state index in [2.05, 4.69) is 60.7 Å². The maximum Gasteiger partial charge on any atom is 0.344 e. The number of rotatable bonds is 7. The molecule has 2 atom stereocenters. The SMILES string of the molecule is O=C(COc1ccc(Oc2ccc(-[s+]3c4ccccc4c4ccccc43)cc2)cc1)OC12CC3CC4CC(C1)C43C2. The summed E-state index contributed by atoms with van der Waals surface area (Å²) in [7, 11) is -0.118. The summed E-state index contributed by atoms with van der Waals surface area (Å²) in [5.74, 6) is 4.42. The van der Waals surface area contributed by atoms with Gasteiger partial charge in [0.1, 0.15) is 22.8 Å². The predicted molar refractivity (Wildman–Crippen MR) is 162 cm³/mol. The van der Waals surface area contributed by atoms with Gasteiger partial charge in [-0.3, -0.25) is 0 Å². The number of esters is 1. The van der Waals surface area contributed by atoms with Crippen molar-refractivity contribution in [2.45, 2.75) is 37.7 Å². The van der Waals surface area contributed by atoms with Crippen molar-refractivity contribution in [3.8, 4) is 22.1 Å². The van der Waals surface area contributed by atoms with Crippen molar-refractivity contribution in [3.63, 3.8) is 0 Å². The summed E-state index contributed by atoms with van der Waals surface area (Å²) >= 11 is 0. The molecule has 41 heavy (non-hydrogen) atoms. The number of ether oxygens (including phenoxy) is 3. The Morgan fingerprint density at radius 2 is 1.27 bits per heavy atom. The van der Waals surface area contributed by atoms with Crippen LogP contribution in [0.25, 0.3) is 25.1 Å². The maximum absolute atomic E-state index is 12.7. The van der Waals surface area contributed by atoms with Crippen molar-refractivity contribution in [2.75, 3.05) is 6.61 Å². The lowest BCUT2D eigenvalue weighted by Gasteiger charge is -2.66. The van der Waals surface area contributed by atoms with Crippen LogP contribution in [0.2, 0.25) is 0 Å². The molecule has 4 saturated carbocycles. The molecule has 5 heteroatoms. The molecular formula is C36H31O4S+. The molecule has 4 aliphatic carbocycles. The molecule has 4 fully saturated rings. The first-order valence-corrected chi connectivity index (χ1v) is 16.0. The molecule has 1 heterocycles. The van der Waals surface area contributed by atoms with Crippen molar-refractivity contribution in [1.29, 1.82) is 0 Å². The second-order valence-electron chi connectivity index (χ2n) is 12.5. The van der Waals surface area contributed by atoms with Gasteiger partial charge in [-0.25, -0.2) is 4.79 Å². The van der Waals surface area contributed by atoms with Crippen LogP contribution in [-0.4, -0.2) is 18.2 Å². The van der Waals surface area contributed by atoms with Gasteiger partial charge in [-0.2, -0.15) is 0 Å². The Morgan fingerprint density at radius 3 is 1.85 bits per heavy atom. The zero-order valence-corrected chi connectivity index (χ0v) is 23.6. The van der Waals surface area contributed by atoms with Crippen LogP contribution in [0.4, 0.5) is 0 Å².